The minimum absolute atomic E-state index is 0.241. The van der Waals surface area contributed by atoms with E-state index < -0.39 is 18.0 Å². The molecule has 1 heterocycles. The molecular formula is C17H20O7. The van der Waals surface area contributed by atoms with Crippen molar-refractivity contribution in [2.45, 2.75) is 25.6 Å². The highest BCUT2D eigenvalue weighted by Gasteiger charge is 2.34. The van der Waals surface area contributed by atoms with E-state index in [-0.39, 0.29) is 6.10 Å². The molecule has 1 fully saturated rings. The third-order valence-corrected chi connectivity index (χ3v) is 3.48. The second-order valence-electron chi connectivity index (χ2n) is 5.20. The number of methoxy groups -OCH3 is 3. The van der Waals surface area contributed by atoms with Gasteiger partial charge in [0.1, 0.15) is 6.10 Å². The standard InChI is InChI=1S/C17H20O7/c1-10-7-14(17(19)23-10)24-15(18)6-5-11-8-12(20-2)16(22-4)13(9-11)21-3/h5-6,8-10,14H,7H2,1-4H3/b6-5+/t10-,14+/m1/s1. The summed E-state index contributed by atoms with van der Waals surface area (Å²) < 4.78 is 25.7. The van der Waals surface area contributed by atoms with Crippen LogP contribution in [0.2, 0.25) is 0 Å². The van der Waals surface area contributed by atoms with E-state index in [0.29, 0.717) is 29.2 Å². The molecule has 1 aromatic carbocycles. The third-order valence-electron chi connectivity index (χ3n) is 3.48. The van der Waals surface area contributed by atoms with Crippen LogP contribution in [0.5, 0.6) is 17.2 Å². The molecule has 1 aliphatic heterocycles. The fourth-order valence-electron chi connectivity index (χ4n) is 2.36. The van der Waals surface area contributed by atoms with E-state index in [0.717, 1.165) is 0 Å². The van der Waals surface area contributed by atoms with Crippen LogP contribution in [0.15, 0.2) is 18.2 Å². The summed E-state index contributed by atoms with van der Waals surface area (Å²) in [7, 11) is 4.52. The highest BCUT2D eigenvalue weighted by molar-refractivity contribution is 5.90. The summed E-state index contributed by atoms with van der Waals surface area (Å²) in [6.07, 6.45) is 2.04. The molecule has 0 spiro atoms. The molecule has 1 aromatic rings. The van der Waals surface area contributed by atoms with Gasteiger partial charge in [0.15, 0.2) is 11.5 Å². The maximum absolute atomic E-state index is 11.9. The molecule has 0 unspecified atom stereocenters. The molecular weight excluding hydrogens is 316 g/mol. The van der Waals surface area contributed by atoms with Gasteiger partial charge in [-0.25, -0.2) is 9.59 Å². The Labute approximate surface area is 140 Å². The van der Waals surface area contributed by atoms with Crippen molar-refractivity contribution in [2.24, 2.45) is 0 Å². The molecule has 1 saturated heterocycles. The number of rotatable bonds is 6. The summed E-state index contributed by atoms with van der Waals surface area (Å²) in [4.78, 5) is 23.3. The molecule has 130 valence electrons. The predicted molar refractivity (Wildman–Crippen MR) is 85.2 cm³/mol. The predicted octanol–water partition coefficient (Wildman–Crippen LogP) is 1.97. The smallest absolute Gasteiger partial charge is 0.347 e. The Morgan fingerprint density at radius 3 is 2.25 bits per heavy atom. The van der Waals surface area contributed by atoms with Gasteiger partial charge in [-0.2, -0.15) is 0 Å². The fraction of sp³-hybridized carbons (Fsp3) is 0.412. The van der Waals surface area contributed by atoms with Crippen molar-refractivity contribution in [3.63, 3.8) is 0 Å². The molecule has 0 saturated carbocycles. The molecule has 0 aromatic heterocycles. The summed E-state index contributed by atoms with van der Waals surface area (Å²) >= 11 is 0. The van der Waals surface area contributed by atoms with Gasteiger partial charge in [-0.15, -0.1) is 0 Å². The van der Waals surface area contributed by atoms with Crippen LogP contribution in [0.4, 0.5) is 0 Å². The van der Waals surface area contributed by atoms with Crippen LogP contribution in [-0.2, 0) is 19.1 Å². The Bertz CT molecular complexity index is 625. The molecule has 0 amide bonds. The number of hydrogen-bond acceptors (Lipinski definition) is 7. The monoisotopic (exact) mass is 336 g/mol. The molecule has 2 atom stereocenters. The van der Waals surface area contributed by atoms with Crippen LogP contribution in [0, 0.1) is 0 Å². The van der Waals surface area contributed by atoms with Crippen molar-refractivity contribution < 1.29 is 33.3 Å². The van der Waals surface area contributed by atoms with Gasteiger partial charge in [0.25, 0.3) is 0 Å². The minimum atomic E-state index is -0.850. The molecule has 0 N–H and O–H groups in total. The lowest BCUT2D eigenvalue weighted by molar-refractivity contribution is -0.157. The van der Waals surface area contributed by atoms with Crippen LogP contribution in [-0.4, -0.2) is 45.5 Å². The first-order valence-electron chi connectivity index (χ1n) is 7.37. The van der Waals surface area contributed by atoms with E-state index in [1.165, 1.54) is 33.5 Å². The molecule has 0 bridgehead atoms. The Kier molecular flexibility index (Phi) is 5.68. The summed E-state index contributed by atoms with van der Waals surface area (Å²) in [5.74, 6) is 0.260. The van der Waals surface area contributed by atoms with Crippen LogP contribution < -0.4 is 14.2 Å². The van der Waals surface area contributed by atoms with Crippen LogP contribution >= 0.6 is 0 Å². The van der Waals surface area contributed by atoms with Gasteiger partial charge in [0.05, 0.1) is 21.3 Å². The number of esters is 2. The number of carbonyl (C=O) groups excluding carboxylic acids is 2. The largest absolute Gasteiger partial charge is 0.493 e. The van der Waals surface area contributed by atoms with Crippen molar-refractivity contribution >= 4 is 18.0 Å². The summed E-state index contributed by atoms with van der Waals surface area (Å²) in [6.45, 7) is 1.75. The zero-order valence-electron chi connectivity index (χ0n) is 14.0. The number of benzene rings is 1. The van der Waals surface area contributed by atoms with E-state index >= 15 is 0 Å². The maximum Gasteiger partial charge on any atom is 0.347 e. The molecule has 2 rings (SSSR count). The maximum atomic E-state index is 11.9. The molecule has 0 aliphatic carbocycles. The van der Waals surface area contributed by atoms with Crippen LogP contribution in [0.1, 0.15) is 18.9 Å². The molecule has 0 radical (unpaired) electrons. The first kappa shape index (κ1) is 17.7. The topological polar surface area (TPSA) is 80.3 Å². The van der Waals surface area contributed by atoms with Crippen molar-refractivity contribution in [3.8, 4) is 17.2 Å². The quantitative estimate of drug-likeness (QED) is 0.580. The van der Waals surface area contributed by atoms with E-state index in [4.69, 9.17) is 23.7 Å². The van der Waals surface area contributed by atoms with E-state index in [1.54, 1.807) is 19.1 Å². The van der Waals surface area contributed by atoms with Gasteiger partial charge in [-0.05, 0) is 30.7 Å². The van der Waals surface area contributed by atoms with Crippen molar-refractivity contribution in [1.29, 1.82) is 0 Å². The Morgan fingerprint density at radius 2 is 1.79 bits per heavy atom. The van der Waals surface area contributed by atoms with Gasteiger partial charge >= 0.3 is 11.9 Å². The minimum Gasteiger partial charge on any atom is -0.493 e. The number of hydrogen-bond donors (Lipinski definition) is 0. The summed E-state index contributed by atoms with van der Waals surface area (Å²) in [6, 6.07) is 3.38. The van der Waals surface area contributed by atoms with Crippen LogP contribution in [0.25, 0.3) is 6.08 Å². The SMILES string of the molecule is COc1cc(/C=C/C(=O)O[C@H]2C[C@@H](C)OC2=O)cc(OC)c1OC. The average Bonchev–Trinajstić information content (AvgIpc) is 2.88. The Hall–Kier alpha value is -2.70. The van der Waals surface area contributed by atoms with Gasteiger partial charge in [-0.3, -0.25) is 0 Å². The van der Waals surface area contributed by atoms with Gasteiger partial charge in [-0.1, -0.05) is 0 Å². The highest BCUT2D eigenvalue weighted by Crippen LogP contribution is 2.38. The number of ether oxygens (including phenoxy) is 5. The summed E-state index contributed by atoms with van der Waals surface area (Å²) in [5.41, 5.74) is 0.656. The third kappa shape index (κ3) is 3.98. The van der Waals surface area contributed by atoms with Gasteiger partial charge < -0.3 is 23.7 Å². The lowest BCUT2D eigenvalue weighted by atomic mass is 10.1. The summed E-state index contributed by atoms with van der Waals surface area (Å²) in [5, 5.41) is 0. The number of carbonyl (C=O) groups is 2. The highest BCUT2D eigenvalue weighted by atomic mass is 16.6. The van der Waals surface area contributed by atoms with Crippen molar-refractivity contribution in [2.75, 3.05) is 21.3 Å². The Balaban J connectivity index is 2.10. The normalized spacial score (nSPS) is 19.9. The van der Waals surface area contributed by atoms with Crippen molar-refractivity contribution in [1.82, 2.24) is 0 Å². The lowest BCUT2D eigenvalue weighted by Crippen LogP contribution is -2.21. The first-order chi connectivity index (χ1) is 11.5. The second-order valence-corrected chi connectivity index (χ2v) is 5.20. The van der Waals surface area contributed by atoms with E-state index in [1.807, 2.05) is 0 Å². The van der Waals surface area contributed by atoms with Gasteiger partial charge in [0, 0.05) is 12.5 Å². The van der Waals surface area contributed by atoms with Crippen molar-refractivity contribution in [3.05, 3.63) is 23.8 Å². The van der Waals surface area contributed by atoms with E-state index in [2.05, 4.69) is 0 Å². The van der Waals surface area contributed by atoms with Gasteiger partial charge in [0.2, 0.25) is 11.9 Å². The lowest BCUT2D eigenvalue weighted by Gasteiger charge is -2.12. The molecule has 7 nitrogen and oxygen atoms in total. The average molecular weight is 336 g/mol. The van der Waals surface area contributed by atoms with E-state index in [9.17, 15) is 9.59 Å². The molecule has 1 aliphatic rings. The van der Waals surface area contributed by atoms with Crippen LogP contribution in [0.3, 0.4) is 0 Å². The first-order valence-corrected chi connectivity index (χ1v) is 7.37. The zero-order valence-corrected chi connectivity index (χ0v) is 14.0. The molecule has 7 heteroatoms. The Morgan fingerprint density at radius 1 is 1.17 bits per heavy atom. The number of cyclic esters (lactones) is 1. The molecule has 24 heavy (non-hydrogen) atoms. The fourth-order valence-corrected chi connectivity index (χ4v) is 2.36. The zero-order chi connectivity index (χ0) is 17.7. The second kappa shape index (κ2) is 7.72.